The van der Waals surface area contributed by atoms with Gasteiger partial charge in [0.05, 0.1) is 23.7 Å². The topological polar surface area (TPSA) is 64.3 Å². The lowest BCUT2D eigenvalue weighted by Crippen LogP contribution is -2.15. The van der Waals surface area contributed by atoms with E-state index in [-0.39, 0.29) is 12.3 Å². The highest BCUT2D eigenvalue weighted by atomic mass is 127. The molecule has 6 heteroatoms. The molecule has 0 bridgehead atoms. The monoisotopic (exact) mass is 416 g/mol. The summed E-state index contributed by atoms with van der Waals surface area (Å²) < 4.78 is 6.64. The van der Waals surface area contributed by atoms with Crippen molar-refractivity contribution in [2.75, 3.05) is 17.7 Å². The molecule has 0 aliphatic carbocycles. The zero-order chi connectivity index (χ0) is 15.2. The molecule has 0 heterocycles. The first-order valence-corrected chi connectivity index (χ1v) is 7.73. The fourth-order valence-corrected chi connectivity index (χ4v) is 2.23. The largest absolute Gasteiger partial charge is 0.493 e. The predicted molar refractivity (Wildman–Crippen MR) is 93.8 cm³/mol. The number of halogens is 2. The zero-order valence-corrected chi connectivity index (χ0v) is 14.0. The molecular formula is C15H14ClIN2O2. The molecule has 0 saturated heterocycles. The van der Waals surface area contributed by atoms with Crippen LogP contribution in [0, 0.1) is 3.57 Å². The molecule has 0 aliphatic rings. The van der Waals surface area contributed by atoms with Crippen molar-refractivity contribution in [1.82, 2.24) is 0 Å². The van der Waals surface area contributed by atoms with Gasteiger partial charge in [-0.3, -0.25) is 4.79 Å². The van der Waals surface area contributed by atoms with E-state index in [1.54, 1.807) is 18.2 Å². The number of anilines is 2. The van der Waals surface area contributed by atoms with Crippen LogP contribution in [0.3, 0.4) is 0 Å². The Morgan fingerprint density at radius 2 is 1.95 bits per heavy atom. The van der Waals surface area contributed by atoms with Crippen LogP contribution in [0.25, 0.3) is 0 Å². The quantitative estimate of drug-likeness (QED) is 0.573. The first-order chi connectivity index (χ1) is 10.0. The zero-order valence-electron chi connectivity index (χ0n) is 11.1. The molecule has 110 valence electrons. The molecule has 1 amide bonds. The maximum Gasteiger partial charge on any atom is 0.227 e. The highest BCUT2D eigenvalue weighted by Crippen LogP contribution is 2.24. The Balaban J connectivity index is 1.81. The Bertz CT molecular complexity index is 632. The summed E-state index contributed by atoms with van der Waals surface area (Å²) in [6.45, 7) is 0.305. The lowest BCUT2D eigenvalue weighted by Gasteiger charge is -2.09. The Hall–Kier alpha value is -1.47. The molecule has 0 radical (unpaired) electrons. The van der Waals surface area contributed by atoms with Crippen molar-refractivity contribution in [3.63, 3.8) is 0 Å². The molecule has 2 aromatic carbocycles. The molecule has 0 aromatic heterocycles. The normalized spacial score (nSPS) is 10.2. The second kappa shape index (κ2) is 7.51. The van der Waals surface area contributed by atoms with E-state index in [0.29, 0.717) is 23.0 Å². The molecule has 0 unspecified atom stereocenters. The van der Waals surface area contributed by atoms with Crippen LogP contribution in [0.15, 0.2) is 42.5 Å². The molecule has 0 atom stereocenters. The lowest BCUT2D eigenvalue weighted by molar-refractivity contribution is -0.116. The number of nitrogens with two attached hydrogens (primary N) is 1. The number of nitrogen functional groups attached to an aromatic ring is 1. The molecule has 4 nitrogen and oxygen atoms in total. The molecule has 0 saturated carbocycles. The van der Waals surface area contributed by atoms with E-state index in [4.69, 9.17) is 22.1 Å². The number of benzene rings is 2. The van der Waals surface area contributed by atoms with Crippen LogP contribution in [-0.4, -0.2) is 12.5 Å². The fourth-order valence-electron chi connectivity index (χ4n) is 1.64. The molecular weight excluding hydrogens is 403 g/mol. The smallest absolute Gasteiger partial charge is 0.227 e. The molecule has 3 N–H and O–H groups in total. The number of hydrogen-bond acceptors (Lipinski definition) is 3. The summed E-state index contributed by atoms with van der Waals surface area (Å²) in [6.07, 6.45) is 0.243. The Morgan fingerprint density at radius 3 is 2.62 bits per heavy atom. The summed E-state index contributed by atoms with van der Waals surface area (Å²) in [6, 6.07) is 12.6. The van der Waals surface area contributed by atoms with Gasteiger partial charge in [0.15, 0.2) is 0 Å². The van der Waals surface area contributed by atoms with Crippen molar-refractivity contribution in [1.29, 1.82) is 0 Å². The number of rotatable bonds is 5. The third kappa shape index (κ3) is 5.09. The van der Waals surface area contributed by atoms with Gasteiger partial charge in [-0.05, 0) is 65.1 Å². The second-order valence-corrected chi connectivity index (χ2v) is 5.99. The van der Waals surface area contributed by atoms with Crippen molar-refractivity contribution >= 4 is 51.5 Å². The average molecular weight is 417 g/mol. The third-order valence-corrected chi connectivity index (χ3v) is 3.71. The minimum Gasteiger partial charge on any atom is -0.493 e. The van der Waals surface area contributed by atoms with Gasteiger partial charge in [0.25, 0.3) is 0 Å². The number of carbonyl (C=O) groups excluding carboxylic acids is 1. The molecule has 0 aliphatic heterocycles. The minimum absolute atomic E-state index is 0.160. The first kappa shape index (κ1) is 15.9. The van der Waals surface area contributed by atoms with Crippen LogP contribution in [0.1, 0.15) is 6.42 Å². The Kier molecular flexibility index (Phi) is 5.69. The van der Waals surface area contributed by atoms with Gasteiger partial charge in [-0.2, -0.15) is 0 Å². The van der Waals surface area contributed by atoms with E-state index in [0.717, 1.165) is 9.32 Å². The van der Waals surface area contributed by atoms with E-state index in [1.165, 1.54) is 0 Å². The summed E-state index contributed by atoms with van der Waals surface area (Å²) in [5.74, 6) is 0.584. The number of hydrogen-bond donors (Lipinski definition) is 2. The van der Waals surface area contributed by atoms with Gasteiger partial charge in [0, 0.05) is 9.26 Å². The molecule has 0 spiro atoms. The van der Waals surface area contributed by atoms with Gasteiger partial charge >= 0.3 is 0 Å². The second-order valence-electron chi connectivity index (χ2n) is 4.34. The van der Waals surface area contributed by atoms with Gasteiger partial charge in [-0.25, -0.2) is 0 Å². The van der Waals surface area contributed by atoms with E-state index in [1.807, 2.05) is 24.3 Å². The van der Waals surface area contributed by atoms with Gasteiger partial charge in [0.2, 0.25) is 5.91 Å². The number of carbonyl (C=O) groups is 1. The van der Waals surface area contributed by atoms with Crippen molar-refractivity contribution in [2.24, 2.45) is 0 Å². The van der Waals surface area contributed by atoms with E-state index < -0.39 is 0 Å². The summed E-state index contributed by atoms with van der Waals surface area (Å²) >= 11 is 8.21. The third-order valence-electron chi connectivity index (χ3n) is 2.68. The van der Waals surface area contributed by atoms with Crippen LogP contribution in [0.4, 0.5) is 11.4 Å². The highest BCUT2D eigenvalue weighted by Gasteiger charge is 2.06. The van der Waals surface area contributed by atoms with Crippen molar-refractivity contribution in [3.05, 3.63) is 51.1 Å². The summed E-state index contributed by atoms with van der Waals surface area (Å²) in [4.78, 5) is 11.8. The van der Waals surface area contributed by atoms with Gasteiger partial charge in [0.1, 0.15) is 5.75 Å². The van der Waals surface area contributed by atoms with Crippen molar-refractivity contribution in [2.45, 2.75) is 6.42 Å². The van der Waals surface area contributed by atoms with Crippen LogP contribution in [-0.2, 0) is 4.79 Å². The molecule has 0 fully saturated rings. The van der Waals surface area contributed by atoms with E-state index in [2.05, 4.69) is 27.9 Å². The maximum atomic E-state index is 11.8. The van der Waals surface area contributed by atoms with Gasteiger partial charge < -0.3 is 15.8 Å². The highest BCUT2D eigenvalue weighted by molar-refractivity contribution is 14.1. The lowest BCUT2D eigenvalue weighted by atomic mass is 10.2. The number of ether oxygens (including phenoxy) is 1. The summed E-state index contributed by atoms with van der Waals surface area (Å²) in [7, 11) is 0. The average Bonchev–Trinajstić information content (AvgIpc) is 2.44. The number of nitrogens with one attached hydrogen (secondary N) is 1. The van der Waals surface area contributed by atoms with Crippen LogP contribution < -0.4 is 15.8 Å². The standard InChI is InChI=1S/C15H14ClIN2O2/c16-13-9-11(18)3-6-14(13)19-15(20)7-8-21-12-4-1-10(17)2-5-12/h1-6,9H,7-8,18H2,(H,19,20). The van der Waals surface area contributed by atoms with Crippen LogP contribution in [0.2, 0.25) is 5.02 Å². The minimum atomic E-state index is -0.160. The Labute approximate surface area is 141 Å². The SMILES string of the molecule is Nc1ccc(NC(=O)CCOc2ccc(I)cc2)c(Cl)c1. The van der Waals surface area contributed by atoms with Gasteiger partial charge in [-0.1, -0.05) is 11.6 Å². The first-order valence-electron chi connectivity index (χ1n) is 6.28. The van der Waals surface area contributed by atoms with E-state index >= 15 is 0 Å². The van der Waals surface area contributed by atoms with E-state index in [9.17, 15) is 4.79 Å². The molecule has 21 heavy (non-hydrogen) atoms. The molecule has 2 aromatic rings. The number of amides is 1. The Morgan fingerprint density at radius 1 is 1.24 bits per heavy atom. The summed E-state index contributed by atoms with van der Waals surface area (Å²) in [5, 5.41) is 3.14. The van der Waals surface area contributed by atoms with Crippen LogP contribution >= 0.6 is 34.2 Å². The maximum absolute atomic E-state index is 11.8. The summed E-state index contributed by atoms with van der Waals surface area (Å²) in [5.41, 5.74) is 6.70. The van der Waals surface area contributed by atoms with Crippen LogP contribution in [0.5, 0.6) is 5.75 Å². The fraction of sp³-hybridized carbons (Fsp3) is 0.133. The van der Waals surface area contributed by atoms with Crippen molar-refractivity contribution < 1.29 is 9.53 Å². The van der Waals surface area contributed by atoms with Gasteiger partial charge in [-0.15, -0.1) is 0 Å². The predicted octanol–water partition coefficient (Wildman–Crippen LogP) is 3.93. The van der Waals surface area contributed by atoms with Crippen molar-refractivity contribution in [3.8, 4) is 5.75 Å². The molecule has 2 rings (SSSR count).